The third-order valence-corrected chi connectivity index (χ3v) is 3.15. The number of ether oxygens (including phenoxy) is 1. The van der Waals surface area contributed by atoms with Gasteiger partial charge in [0.25, 0.3) is 0 Å². The number of aryl methyl sites for hydroxylation is 1. The number of alkyl halides is 1. The van der Waals surface area contributed by atoms with E-state index in [0.29, 0.717) is 5.01 Å². The molecule has 1 rings (SSSR count). The predicted octanol–water partition coefficient (Wildman–Crippen LogP) is 1.91. The largest absolute Gasteiger partial charge is 0.465 e. The fraction of sp³-hybridized carbons (Fsp3) is 0.500. The number of carbonyl (C=O) groups is 2. The Labute approximate surface area is 103 Å². The molecule has 6 heteroatoms. The Morgan fingerprint density at radius 2 is 2.31 bits per heavy atom. The van der Waals surface area contributed by atoms with Gasteiger partial charge in [-0.05, 0) is 13.8 Å². The quantitative estimate of drug-likeness (QED) is 0.462. The molecule has 4 nitrogen and oxygen atoms in total. The fourth-order valence-electron chi connectivity index (χ4n) is 1.18. The molecule has 0 aromatic carbocycles. The van der Waals surface area contributed by atoms with Crippen LogP contribution in [-0.2, 0) is 14.3 Å². The van der Waals surface area contributed by atoms with Crippen LogP contribution >= 0.6 is 22.9 Å². The van der Waals surface area contributed by atoms with Crippen molar-refractivity contribution in [1.82, 2.24) is 4.98 Å². The standard InChI is InChI=1S/C10H12ClNO3S/c1-3-15-10(14)8(7(13)4-11)9-12-6(2)5-16-9/h5,8H,3-4H2,1-2H3. The maximum absolute atomic E-state index is 11.6. The van der Waals surface area contributed by atoms with Crippen LogP contribution in [0.15, 0.2) is 5.38 Å². The number of ketones is 1. The molecule has 0 amide bonds. The third kappa shape index (κ3) is 3.02. The maximum Gasteiger partial charge on any atom is 0.323 e. The molecule has 0 saturated carbocycles. The summed E-state index contributed by atoms with van der Waals surface area (Å²) in [6.45, 7) is 3.72. The Bertz CT molecular complexity index is 391. The number of thiazole rings is 1. The monoisotopic (exact) mass is 261 g/mol. The number of hydrogen-bond acceptors (Lipinski definition) is 5. The molecule has 1 unspecified atom stereocenters. The van der Waals surface area contributed by atoms with Crippen LogP contribution in [-0.4, -0.2) is 29.2 Å². The molecule has 0 fully saturated rings. The first-order valence-electron chi connectivity index (χ1n) is 4.77. The average Bonchev–Trinajstić information content (AvgIpc) is 2.65. The summed E-state index contributed by atoms with van der Waals surface area (Å²) in [7, 11) is 0. The van der Waals surface area contributed by atoms with Crippen molar-refractivity contribution in [3.05, 3.63) is 16.1 Å². The Balaban J connectivity index is 2.96. The fourth-order valence-corrected chi connectivity index (χ4v) is 2.24. The van der Waals surface area contributed by atoms with E-state index in [-0.39, 0.29) is 18.3 Å². The van der Waals surface area contributed by atoms with Crippen LogP contribution in [0.5, 0.6) is 0 Å². The highest BCUT2D eigenvalue weighted by Crippen LogP contribution is 2.23. The Hall–Kier alpha value is -0.940. The Morgan fingerprint density at radius 3 is 2.75 bits per heavy atom. The molecular weight excluding hydrogens is 250 g/mol. The van der Waals surface area contributed by atoms with Gasteiger partial charge in [0.15, 0.2) is 11.7 Å². The molecule has 88 valence electrons. The van der Waals surface area contributed by atoms with E-state index in [4.69, 9.17) is 16.3 Å². The number of hydrogen-bond donors (Lipinski definition) is 0. The Kier molecular flexibility index (Phi) is 4.89. The van der Waals surface area contributed by atoms with Crippen LogP contribution in [0.25, 0.3) is 0 Å². The molecule has 0 bridgehead atoms. The highest BCUT2D eigenvalue weighted by molar-refractivity contribution is 7.10. The van der Waals surface area contributed by atoms with E-state index in [1.54, 1.807) is 19.2 Å². The second-order valence-corrected chi connectivity index (χ2v) is 4.27. The van der Waals surface area contributed by atoms with Gasteiger partial charge in [-0.15, -0.1) is 22.9 Å². The van der Waals surface area contributed by atoms with E-state index < -0.39 is 11.9 Å². The van der Waals surface area contributed by atoms with Crippen LogP contribution in [0.3, 0.4) is 0 Å². The summed E-state index contributed by atoms with van der Waals surface area (Å²) in [6.07, 6.45) is 0. The van der Waals surface area contributed by atoms with Crippen molar-refractivity contribution in [2.24, 2.45) is 0 Å². The van der Waals surface area contributed by atoms with Gasteiger partial charge in [-0.1, -0.05) is 0 Å². The normalized spacial score (nSPS) is 12.2. The van der Waals surface area contributed by atoms with E-state index in [1.165, 1.54) is 11.3 Å². The lowest BCUT2D eigenvalue weighted by atomic mass is 10.1. The van der Waals surface area contributed by atoms with Gasteiger partial charge in [0.1, 0.15) is 5.01 Å². The average molecular weight is 262 g/mol. The van der Waals surface area contributed by atoms with Crippen LogP contribution in [0.2, 0.25) is 0 Å². The molecule has 0 radical (unpaired) electrons. The van der Waals surface area contributed by atoms with Gasteiger partial charge in [-0.2, -0.15) is 0 Å². The molecule has 0 aliphatic carbocycles. The summed E-state index contributed by atoms with van der Waals surface area (Å²) in [5.41, 5.74) is 0.775. The molecule has 1 atom stereocenters. The minimum atomic E-state index is -0.976. The lowest BCUT2D eigenvalue weighted by Crippen LogP contribution is -2.25. The van der Waals surface area contributed by atoms with Crippen molar-refractivity contribution in [2.45, 2.75) is 19.8 Å². The van der Waals surface area contributed by atoms with Crippen molar-refractivity contribution in [3.63, 3.8) is 0 Å². The van der Waals surface area contributed by atoms with Gasteiger partial charge in [-0.3, -0.25) is 9.59 Å². The lowest BCUT2D eigenvalue weighted by Gasteiger charge is -2.10. The summed E-state index contributed by atoms with van der Waals surface area (Å²) >= 11 is 6.73. The first kappa shape index (κ1) is 13.1. The maximum atomic E-state index is 11.6. The van der Waals surface area contributed by atoms with Crippen molar-refractivity contribution in [2.75, 3.05) is 12.5 Å². The summed E-state index contributed by atoms with van der Waals surface area (Å²) in [4.78, 5) is 27.3. The number of aromatic nitrogens is 1. The van der Waals surface area contributed by atoms with Crippen molar-refractivity contribution in [1.29, 1.82) is 0 Å². The highest BCUT2D eigenvalue weighted by Gasteiger charge is 2.31. The molecule has 0 spiro atoms. The molecule has 0 saturated heterocycles. The zero-order chi connectivity index (χ0) is 12.1. The summed E-state index contributed by atoms with van der Waals surface area (Å²) in [5.74, 6) is -2.16. The van der Waals surface area contributed by atoms with E-state index >= 15 is 0 Å². The molecule has 0 aliphatic rings. The van der Waals surface area contributed by atoms with Gasteiger partial charge in [-0.25, -0.2) is 4.98 Å². The van der Waals surface area contributed by atoms with E-state index in [2.05, 4.69) is 4.98 Å². The van der Waals surface area contributed by atoms with Crippen LogP contribution < -0.4 is 0 Å². The number of Topliss-reactive ketones (excluding diaryl/α,β-unsaturated/α-hetero) is 1. The van der Waals surface area contributed by atoms with Gasteiger partial charge in [0.2, 0.25) is 0 Å². The van der Waals surface area contributed by atoms with Crippen LogP contribution in [0.1, 0.15) is 23.5 Å². The zero-order valence-electron chi connectivity index (χ0n) is 9.03. The number of carbonyl (C=O) groups excluding carboxylic acids is 2. The first-order chi connectivity index (χ1) is 7.60. The second kappa shape index (κ2) is 5.96. The molecule has 1 heterocycles. The van der Waals surface area contributed by atoms with Crippen molar-refractivity contribution in [3.8, 4) is 0 Å². The molecule has 0 aliphatic heterocycles. The van der Waals surface area contributed by atoms with Gasteiger partial charge in [0.05, 0.1) is 12.5 Å². The van der Waals surface area contributed by atoms with Crippen molar-refractivity contribution < 1.29 is 14.3 Å². The summed E-state index contributed by atoms with van der Waals surface area (Å²) in [6, 6.07) is 0. The van der Waals surface area contributed by atoms with Gasteiger partial charge in [0, 0.05) is 11.1 Å². The number of nitrogens with zero attached hydrogens (tertiary/aromatic N) is 1. The SMILES string of the molecule is CCOC(=O)C(C(=O)CCl)c1nc(C)cs1. The van der Waals surface area contributed by atoms with Crippen molar-refractivity contribution >= 4 is 34.7 Å². The minimum absolute atomic E-state index is 0.220. The predicted molar refractivity (Wildman–Crippen MR) is 62.0 cm³/mol. The smallest absolute Gasteiger partial charge is 0.323 e. The van der Waals surface area contributed by atoms with E-state index in [0.717, 1.165) is 5.69 Å². The lowest BCUT2D eigenvalue weighted by molar-refractivity contribution is -0.147. The van der Waals surface area contributed by atoms with E-state index in [9.17, 15) is 9.59 Å². The first-order valence-corrected chi connectivity index (χ1v) is 6.18. The van der Waals surface area contributed by atoms with Gasteiger partial charge >= 0.3 is 5.97 Å². The number of rotatable bonds is 5. The Morgan fingerprint density at radius 1 is 1.62 bits per heavy atom. The van der Waals surface area contributed by atoms with Crippen LogP contribution in [0, 0.1) is 6.92 Å². The molecule has 0 N–H and O–H groups in total. The summed E-state index contributed by atoms with van der Waals surface area (Å²) in [5, 5.41) is 2.23. The zero-order valence-corrected chi connectivity index (χ0v) is 10.6. The molecule has 1 aromatic heterocycles. The second-order valence-electron chi connectivity index (χ2n) is 3.11. The minimum Gasteiger partial charge on any atom is -0.465 e. The highest BCUT2D eigenvalue weighted by atomic mass is 35.5. The molecular formula is C10H12ClNO3S. The molecule has 16 heavy (non-hydrogen) atoms. The number of esters is 1. The number of halogens is 1. The molecule has 1 aromatic rings. The van der Waals surface area contributed by atoms with Gasteiger partial charge < -0.3 is 4.74 Å². The third-order valence-electron chi connectivity index (χ3n) is 1.86. The summed E-state index contributed by atoms with van der Waals surface area (Å²) < 4.78 is 4.84. The topological polar surface area (TPSA) is 56.3 Å². The van der Waals surface area contributed by atoms with E-state index in [1.807, 2.05) is 0 Å². The van der Waals surface area contributed by atoms with Crippen LogP contribution in [0.4, 0.5) is 0 Å².